The molecule has 3 aromatic carbocycles. The lowest BCUT2D eigenvalue weighted by atomic mass is 10.1. The molecule has 0 saturated heterocycles. The maximum atomic E-state index is 14.9. The average Bonchev–Trinajstić information content (AvgIpc) is 3.43. The lowest BCUT2D eigenvalue weighted by molar-refractivity contribution is -0.150. The lowest BCUT2D eigenvalue weighted by Crippen LogP contribution is -2.47. The van der Waals surface area contributed by atoms with E-state index in [-0.39, 0.29) is 25.8 Å². The van der Waals surface area contributed by atoms with Crippen molar-refractivity contribution < 1.29 is 28.4 Å². The standard InChI is InChI=1S/C36H45N4O6PS/c1-25(2)45-34(41)31(22-27-14-8-5-9-15-27)39-47(43,40-32(35(42)46-26(3)4)23-28-16-10-6-11-17-28)24-44-21-20-30-33(48-36(37)38-30)29-18-12-7-13-19-29/h5-19,25-26,31-32H,20-24H2,1-4H3,(H2,37,38)(H2,39,40,43)/t31-,32-/m0/s1. The third kappa shape index (κ3) is 11.7. The van der Waals surface area contributed by atoms with E-state index in [0.29, 0.717) is 11.6 Å². The van der Waals surface area contributed by atoms with E-state index in [4.69, 9.17) is 19.9 Å². The third-order valence-electron chi connectivity index (χ3n) is 7.07. The van der Waals surface area contributed by atoms with Gasteiger partial charge in [-0.15, -0.1) is 0 Å². The molecule has 1 heterocycles. The fourth-order valence-electron chi connectivity index (χ4n) is 5.02. The van der Waals surface area contributed by atoms with Crippen molar-refractivity contribution in [3.05, 3.63) is 108 Å². The quantitative estimate of drug-likeness (QED) is 0.0609. The highest BCUT2D eigenvalue weighted by atomic mass is 32.1. The zero-order valence-electron chi connectivity index (χ0n) is 27.8. The van der Waals surface area contributed by atoms with E-state index in [2.05, 4.69) is 15.2 Å². The van der Waals surface area contributed by atoms with Gasteiger partial charge in [0.05, 0.1) is 29.4 Å². The van der Waals surface area contributed by atoms with Gasteiger partial charge in [-0.2, -0.15) is 0 Å². The summed E-state index contributed by atoms with van der Waals surface area (Å²) >= 11 is 1.39. The summed E-state index contributed by atoms with van der Waals surface area (Å²) in [6, 6.07) is 26.6. The van der Waals surface area contributed by atoms with Gasteiger partial charge >= 0.3 is 11.9 Å². The van der Waals surface area contributed by atoms with Crippen LogP contribution in [0, 0.1) is 0 Å². The van der Waals surface area contributed by atoms with E-state index in [1.165, 1.54) is 11.3 Å². The molecule has 0 saturated carbocycles. The second-order valence-electron chi connectivity index (χ2n) is 11.9. The molecule has 4 aromatic rings. The zero-order valence-corrected chi connectivity index (χ0v) is 29.5. The molecule has 2 atom stereocenters. The number of hydrogen-bond acceptors (Lipinski definition) is 9. The number of nitrogens with two attached hydrogens (primary N) is 1. The Kier molecular flexibility index (Phi) is 13.9. The van der Waals surface area contributed by atoms with Crippen LogP contribution in [0.5, 0.6) is 0 Å². The molecule has 4 rings (SSSR count). The van der Waals surface area contributed by atoms with Crippen LogP contribution in [0.2, 0.25) is 0 Å². The molecule has 0 spiro atoms. The highest BCUT2D eigenvalue weighted by Gasteiger charge is 2.36. The normalized spacial score (nSPS) is 13.0. The van der Waals surface area contributed by atoms with E-state index in [0.717, 1.165) is 27.3 Å². The molecular formula is C36H45N4O6PS. The van der Waals surface area contributed by atoms with E-state index < -0.39 is 43.7 Å². The number of esters is 2. The molecule has 0 fully saturated rings. The Morgan fingerprint density at radius 1 is 0.771 bits per heavy atom. The number of benzene rings is 3. The van der Waals surface area contributed by atoms with Crippen molar-refractivity contribution in [3.8, 4) is 10.4 Å². The van der Waals surface area contributed by atoms with Crippen molar-refractivity contribution in [2.75, 3.05) is 18.7 Å². The van der Waals surface area contributed by atoms with Crippen molar-refractivity contribution in [2.24, 2.45) is 0 Å². The van der Waals surface area contributed by atoms with Gasteiger partial charge in [0.15, 0.2) is 5.13 Å². The van der Waals surface area contributed by atoms with E-state index in [1.807, 2.05) is 91.0 Å². The minimum Gasteiger partial charge on any atom is -0.462 e. The smallest absolute Gasteiger partial charge is 0.324 e. The number of rotatable bonds is 18. The summed E-state index contributed by atoms with van der Waals surface area (Å²) < 4.78 is 32.1. The van der Waals surface area contributed by atoms with Crippen LogP contribution < -0.4 is 15.9 Å². The summed E-state index contributed by atoms with van der Waals surface area (Å²) in [7, 11) is -3.85. The van der Waals surface area contributed by atoms with Gasteiger partial charge in [-0.05, 0) is 57.2 Å². The first-order valence-corrected chi connectivity index (χ1v) is 18.7. The van der Waals surface area contributed by atoms with Crippen LogP contribution in [0.4, 0.5) is 5.13 Å². The van der Waals surface area contributed by atoms with Crippen LogP contribution in [-0.2, 0) is 47.6 Å². The second-order valence-corrected chi connectivity index (χ2v) is 15.2. The molecule has 10 nitrogen and oxygen atoms in total. The molecule has 0 aliphatic carbocycles. The van der Waals surface area contributed by atoms with Gasteiger partial charge in [0, 0.05) is 6.42 Å². The molecule has 0 amide bonds. The van der Waals surface area contributed by atoms with Crippen LogP contribution in [0.25, 0.3) is 10.4 Å². The molecule has 12 heteroatoms. The topological polar surface area (TPSA) is 142 Å². The number of nitrogen functional groups attached to an aromatic ring is 1. The molecule has 48 heavy (non-hydrogen) atoms. The number of ether oxygens (including phenoxy) is 3. The number of anilines is 1. The summed E-state index contributed by atoms with van der Waals surface area (Å²) in [6.07, 6.45) is -0.292. The zero-order chi connectivity index (χ0) is 34.5. The molecule has 0 aliphatic heterocycles. The van der Waals surface area contributed by atoms with Gasteiger partial charge in [0.2, 0.25) is 7.44 Å². The lowest BCUT2D eigenvalue weighted by Gasteiger charge is -2.29. The highest BCUT2D eigenvalue weighted by Crippen LogP contribution is 2.39. The van der Waals surface area contributed by atoms with Crippen LogP contribution in [0.15, 0.2) is 91.0 Å². The van der Waals surface area contributed by atoms with Gasteiger partial charge in [0.25, 0.3) is 0 Å². The van der Waals surface area contributed by atoms with Gasteiger partial charge in [-0.1, -0.05) is 102 Å². The summed E-state index contributed by atoms with van der Waals surface area (Å²) in [5.41, 5.74) is 9.52. The summed E-state index contributed by atoms with van der Waals surface area (Å²) in [4.78, 5) is 32.2. The van der Waals surface area contributed by atoms with Crippen LogP contribution in [-0.4, -0.2) is 54.2 Å². The number of thiazole rings is 1. The minimum atomic E-state index is -3.85. The summed E-state index contributed by atoms with van der Waals surface area (Å²) in [5.74, 6) is -1.13. The number of carbonyl (C=O) groups is 2. The Labute approximate surface area is 286 Å². The monoisotopic (exact) mass is 692 g/mol. The van der Waals surface area contributed by atoms with Crippen LogP contribution in [0.1, 0.15) is 44.5 Å². The number of carbonyl (C=O) groups excluding carboxylic acids is 2. The molecular weight excluding hydrogens is 647 g/mol. The predicted octanol–water partition coefficient (Wildman–Crippen LogP) is 6.41. The first kappa shape index (κ1) is 37.0. The predicted molar refractivity (Wildman–Crippen MR) is 191 cm³/mol. The first-order chi connectivity index (χ1) is 23.0. The van der Waals surface area contributed by atoms with Crippen molar-refractivity contribution in [1.29, 1.82) is 0 Å². The maximum Gasteiger partial charge on any atom is 0.324 e. The first-order valence-electron chi connectivity index (χ1n) is 16.0. The van der Waals surface area contributed by atoms with Gasteiger partial charge in [-0.25, -0.2) is 15.2 Å². The van der Waals surface area contributed by atoms with Crippen molar-refractivity contribution in [2.45, 2.75) is 71.2 Å². The number of nitrogens with zero attached hydrogens (tertiary/aromatic N) is 1. The highest BCUT2D eigenvalue weighted by molar-refractivity contribution is 7.59. The van der Waals surface area contributed by atoms with Crippen LogP contribution >= 0.6 is 18.8 Å². The van der Waals surface area contributed by atoms with Crippen molar-refractivity contribution in [3.63, 3.8) is 0 Å². The molecule has 1 aromatic heterocycles. The average molecular weight is 693 g/mol. The summed E-state index contributed by atoms with van der Waals surface area (Å²) in [6.45, 7) is 7.18. The van der Waals surface area contributed by atoms with Gasteiger partial charge in [-0.3, -0.25) is 14.2 Å². The Morgan fingerprint density at radius 2 is 1.23 bits per heavy atom. The Bertz CT molecular complexity index is 1560. The van der Waals surface area contributed by atoms with Gasteiger partial charge in [0.1, 0.15) is 18.4 Å². The number of nitrogens with one attached hydrogen (secondary N) is 2. The van der Waals surface area contributed by atoms with Crippen molar-refractivity contribution >= 4 is 35.9 Å². The maximum absolute atomic E-state index is 14.9. The molecule has 0 aliphatic rings. The molecule has 0 radical (unpaired) electrons. The Hall–Kier alpha value is -3.86. The van der Waals surface area contributed by atoms with E-state index >= 15 is 0 Å². The van der Waals surface area contributed by atoms with E-state index in [1.54, 1.807) is 27.7 Å². The Morgan fingerprint density at radius 3 is 1.69 bits per heavy atom. The number of aromatic nitrogens is 1. The van der Waals surface area contributed by atoms with Crippen LogP contribution in [0.3, 0.4) is 0 Å². The molecule has 256 valence electrons. The number of hydrogen-bond donors (Lipinski definition) is 3. The van der Waals surface area contributed by atoms with Gasteiger partial charge < -0.3 is 19.9 Å². The molecule has 0 unspecified atom stereocenters. The SMILES string of the molecule is CC(C)OC(=O)[C@H](Cc1ccccc1)NP(=O)(COCCc1nc(N)sc1-c1ccccc1)N[C@@H](Cc1ccccc1)C(=O)OC(C)C. The third-order valence-corrected chi connectivity index (χ3v) is 10.1. The largest absolute Gasteiger partial charge is 0.462 e. The second kappa shape index (κ2) is 18.1. The fourth-order valence-corrected chi connectivity index (χ4v) is 7.92. The molecule has 4 N–H and O–H groups in total. The molecule has 0 bridgehead atoms. The fraction of sp³-hybridized carbons (Fsp3) is 0.361. The summed E-state index contributed by atoms with van der Waals surface area (Å²) in [5, 5.41) is 6.55. The Balaban J connectivity index is 1.60. The van der Waals surface area contributed by atoms with E-state index in [9.17, 15) is 14.2 Å². The van der Waals surface area contributed by atoms with Crippen molar-refractivity contribution in [1.82, 2.24) is 15.2 Å². The minimum absolute atomic E-state index is 0.163.